The van der Waals surface area contributed by atoms with Gasteiger partial charge in [0.25, 0.3) is 5.78 Å². The molecule has 0 radical (unpaired) electrons. The van der Waals surface area contributed by atoms with Gasteiger partial charge in [-0.2, -0.15) is 5.10 Å². The van der Waals surface area contributed by atoms with Crippen LogP contribution in [0.4, 0.5) is 0 Å². The van der Waals surface area contributed by atoms with Crippen molar-refractivity contribution in [3.8, 4) is 0 Å². The van der Waals surface area contributed by atoms with Gasteiger partial charge < -0.3 is 0 Å². The van der Waals surface area contributed by atoms with Crippen LogP contribution < -0.4 is 0 Å². The van der Waals surface area contributed by atoms with E-state index in [1.165, 1.54) is 7.05 Å². The largest absolute Gasteiger partial charge is 0.314 e. The summed E-state index contributed by atoms with van der Waals surface area (Å²) in [5.41, 5.74) is 4.25. The molecule has 0 unspecified atom stereocenters. The van der Waals surface area contributed by atoms with Crippen molar-refractivity contribution in [3.05, 3.63) is 34.4 Å². The maximum Gasteiger partial charge on any atom is 0.314 e. The van der Waals surface area contributed by atoms with Crippen molar-refractivity contribution in [2.45, 2.75) is 47.5 Å². The highest BCUT2D eigenvalue weighted by molar-refractivity contribution is 6.43. The molecule has 0 N–H and O–H groups in total. The number of likely N-dealkylation sites (N-methyl/N-ethyl adjacent to an activating group) is 1. The molecule has 0 aliphatic carbocycles. The van der Waals surface area contributed by atoms with Gasteiger partial charge in [-0.1, -0.05) is 31.5 Å². The third-order valence-electron chi connectivity index (χ3n) is 3.27. The number of carbonyl (C=O) groups is 2. The predicted molar refractivity (Wildman–Crippen MR) is 85.8 cm³/mol. The Labute approximate surface area is 126 Å². The van der Waals surface area contributed by atoms with Crippen LogP contribution in [0.3, 0.4) is 0 Å². The second kappa shape index (κ2) is 7.16. The highest BCUT2D eigenvalue weighted by Crippen LogP contribution is 2.20. The number of benzene rings is 1. The van der Waals surface area contributed by atoms with Gasteiger partial charge in [0, 0.05) is 18.3 Å². The van der Waals surface area contributed by atoms with E-state index in [0.717, 1.165) is 40.3 Å². The van der Waals surface area contributed by atoms with Crippen LogP contribution in [0.15, 0.2) is 17.2 Å². The monoisotopic (exact) mass is 288 g/mol. The molecule has 0 aromatic heterocycles. The second-order valence-electron chi connectivity index (χ2n) is 5.37. The number of nitrogens with zero attached hydrogens (tertiary/aromatic N) is 2. The summed E-state index contributed by atoms with van der Waals surface area (Å²) in [7, 11) is 1.51. The molecule has 0 atom stereocenters. The van der Waals surface area contributed by atoms with Crippen LogP contribution in [-0.4, -0.2) is 29.5 Å². The van der Waals surface area contributed by atoms with E-state index in [4.69, 9.17) is 0 Å². The lowest BCUT2D eigenvalue weighted by molar-refractivity contribution is -0.125. The molecule has 0 saturated carbocycles. The Balaban J connectivity index is 3.29. The van der Waals surface area contributed by atoms with Crippen LogP contribution >= 0.6 is 0 Å². The fourth-order valence-electron chi connectivity index (χ4n) is 2.39. The number of Topliss-reactive ketones (excluding diaryl/α,β-unsaturated/α-hetero) is 1. The van der Waals surface area contributed by atoms with Gasteiger partial charge in [-0.15, -0.1) is 0 Å². The number of hydrogen-bond donors (Lipinski definition) is 0. The molecular formula is C17H24N2O2. The van der Waals surface area contributed by atoms with Crippen LogP contribution in [-0.2, 0) is 17.6 Å². The average Bonchev–Trinajstić information content (AvgIpc) is 2.43. The summed E-state index contributed by atoms with van der Waals surface area (Å²) in [5, 5.41) is 5.15. The van der Waals surface area contributed by atoms with E-state index in [1.807, 2.05) is 32.9 Å². The second-order valence-corrected chi connectivity index (χ2v) is 5.37. The normalized spacial score (nSPS) is 10.2. The molecular weight excluding hydrogens is 264 g/mol. The first-order valence-corrected chi connectivity index (χ1v) is 7.28. The molecule has 1 aromatic carbocycles. The first kappa shape index (κ1) is 17.1. The minimum absolute atomic E-state index is 0.476. The summed E-state index contributed by atoms with van der Waals surface area (Å²) >= 11 is 0. The van der Waals surface area contributed by atoms with Gasteiger partial charge >= 0.3 is 5.91 Å². The average molecular weight is 288 g/mol. The van der Waals surface area contributed by atoms with Crippen molar-refractivity contribution in [1.29, 1.82) is 0 Å². The number of amides is 1. The van der Waals surface area contributed by atoms with Crippen molar-refractivity contribution >= 4 is 17.4 Å². The van der Waals surface area contributed by atoms with Crippen molar-refractivity contribution < 1.29 is 9.59 Å². The predicted octanol–water partition coefficient (Wildman–Crippen LogP) is 3.16. The molecule has 1 aromatic rings. The summed E-state index contributed by atoms with van der Waals surface area (Å²) in [5.74, 6) is -1.07. The van der Waals surface area contributed by atoms with E-state index in [0.29, 0.717) is 5.56 Å². The third kappa shape index (κ3) is 4.00. The van der Waals surface area contributed by atoms with Gasteiger partial charge in [0.15, 0.2) is 0 Å². The van der Waals surface area contributed by atoms with E-state index in [9.17, 15) is 9.59 Å². The van der Waals surface area contributed by atoms with E-state index < -0.39 is 11.7 Å². The smallest absolute Gasteiger partial charge is 0.283 e. The van der Waals surface area contributed by atoms with Gasteiger partial charge in [0.1, 0.15) is 0 Å². The van der Waals surface area contributed by atoms with Gasteiger partial charge in [-0.3, -0.25) is 9.59 Å². The lowest BCUT2D eigenvalue weighted by atomic mass is 9.92. The van der Waals surface area contributed by atoms with Crippen molar-refractivity contribution in [2.75, 3.05) is 7.05 Å². The highest BCUT2D eigenvalue weighted by atomic mass is 16.2. The molecule has 0 aliphatic rings. The topological polar surface area (TPSA) is 49.7 Å². The Morgan fingerprint density at radius 3 is 1.95 bits per heavy atom. The Bertz CT molecular complexity index is 559. The molecule has 0 heterocycles. The lowest BCUT2D eigenvalue weighted by Gasteiger charge is -2.16. The van der Waals surface area contributed by atoms with E-state index >= 15 is 0 Å². The first-order valence-electron chi connectivity index (χ1n) is 7.28. The van der Waals surface area contributed by atoms with Crippen LogP contribution in [0.25, 0.3) is 0 Å². The van der Waals surface area contributed by atoms with Crippen molar-refractivity contribution in [2.24, 2.45) is 5.10 Å². The Hall–Kier alpha value is -1.97. The maximum absolute atomic E-state index is 12.6. The summed E-state index contributed by atoms with van der Waals surface area (Å²) in [6, 6.07) is 3.96. The van der Waals surface area contributed by atoms with Crippen molar-refractivity contribution in [3.63, 3.8) is 0 Å². The minimum atomic E-state index is -0.593. The first-order chi connectivity index (χ1) is 9.81. The fourth-order valence-corrected chi connectivity index (χ4v) is 2.39. The molecule has 0 saturated heterocycles. The number of aryl methyl sites for hydroxylation is 3. The Kier molecular flexibility index (Phi) is 5.82. The fraction of sp³-hybridized carbons (Fsp3) is 0.471. The maximum atomic E-state index is 12.6. The number of hydrazone groups is 1. The molecule has 0 spiro atoms. The molecule has 0 fully saturated rings. The minimum Gasteiger partial charge on any atom is -0.283 e. The number of ketones is 1. The number of rotatable bonds is 5. The quantitative estimate of drug-likeness (QED) is 0.362. The van der Waals surface area contributed by atoms with Gasteiger partial charge in [0.2, 0.25) is 0 Å². The third-order valence-corrected chi connectivity index (χ3v) is 3.27. The summed E-state index contributed by atoms with van der Waals surface area (Å²) < 4.78 is 0. The zero-order valence-electron chi connectivity index (χ0n) is 13.8. The van der Waals surface area contributed by atoms with Gasteiger partial charge in [0.05, 0.1) is 0 Å². The van der Waals surface area contributed by atoms with Crippen LogP contribution in [0.5, 0.6) is 0 Å². The Morgan fingerprint density at radius 1 is 1.10 bits per heavy atom. The molecule has 0 aliphatic heterocycles. The molecule has 1 amide bonds. The number of carbonyl (C=O) groups excluding carboxylic acids is 2. The zero-order valence-corrected chi connectivity index (χ0v) is 13.8. The van der Waals surface area contributed by atoms with E-state index in [2.05, 4.69) is 5.10 Å². The SMILES string of the molecule is CCc1cc(C)cc(CC)c1C(=O)C(=O)N(C)N=C(C)C. The van der Waals surface area contributed by atoms with Crippen molar-refractivity contribution in [1.82, 2.24) is 5.01 Å². The summed E-state index contributed by atoms with van der Waals surface area (Å²) in [6.45, 7) is 9.57. The number of hydrogen-bond acceptors (Lipinski definition) is 3. The summed E-state index contributed by atoms with van der Waals surface area (Å²) in [4.78, 5) is 24.8. The van der Waals surface area contributed by atoms with Gasteiger partial charge in [-0.05, 0) is 44.7 Å². The standard InChI is InChI=1S/C17H24N2O2/c1-7-13-9-12(5)10-14(8-2)15(13)16(20)17(21)19(6)18-11(3)4/h9-10H,7-8H2,1-6H3. The molecule has 21 heavy (non-hydrogen) atoms. The van der Waals surface area contributed by atoms with Gasteiger partial charge in [-0.25, -0.2) is 5.01 Å². The lowest BCUT2D eigenvalue weighted by Crippen LogP contribution is -2.31. The molecule has 4 nitrogen and oxygen atoms in total. The molecule has 1 rings (SSSR count). The van der Waals surface area contributed by atoms with Crippen LogP contribution in [0.2, 0.25) is 0 Å². The Morgan fingerprint density at radius 2 is 1.57 bits per heavy atom. The molecule has 114 valence electrons. The zero-order chi connectivity index (χ0) is 16.2. The summed E-state index contributed by atoms with van der Waals surface area (Å²) in [6.07, 6.45) is 1.45. The molecule has 0 bridgehead atoms. The van der Waals surface area contributed by atoms with E-state index in [-0.39, 0.29) is 0 Å². The highest BCUT2D eigenvalue weighted by Gasteiger charge is 2.25. The van der Waals surface area contributed by atoms with Crippen LogP contribution in [0, 0.1) is 6.92 Å². The van der Waals surface area contributed by atoms with E-state index in [1.54, 1.807) is 13.8 Å². The van der Waals surface area contributed by atoms with Crippen LogP contribution in [0.1, 0.15) is 54.7 Å². The molecule has 4 heteroatoms.